The first-order valence-corrected chi connectivity index (χ1v) is 10.6. The van der Waals surface area contributed by atoms with Gasteiger partial charge in [-0.2, -0.15) is 24.9 Å². The van der Waals surface area contributed by atoms with Crippen molar-refractivity contribution in [2.24, 2.45) is 5.73 Å². The molecule has 0 aromatic heterocycles. The first-order chi connectivity index (χ1) is 13.6. The molecule has 0 amide bonds. The molecule has 3 N–H and O–H groups in total. The number of alkyl halides is 3. The zero-order valence-corrected chi connectivity index (χ0v) is 17.4. The number of aliphatic carboxylic acids is 1. The fraction of sp³-hybridized carbons (Fsp3) is 0.381. The number of hydrogen-bond acceptors (Lipinski definition) is 3. The van der Waals surface area contributed by atoms with E-state index in [9.17, 15) is 18.0 Å². The maximum absolute atomic E-state index is 13.7. The van der Waals surface area contributed by atoms with Gasteiger partial charge in [-0.1, -0.05) is 41.9 Å². The van der Waals surface area contributed by atoms with Crippen LogP contribution in [0.3, 0.4) is 0 Å². The molecule has 2 aromatic rings. The molecule has 0 spiro atoms. The van der Waals surface area contributed by atoms with Gasteiger partial charge in [-0.25, -0.2) is 0 Å². The van der Waals surface area contributed by atoms with Gasteiger partial charge < -0.3 is 10.8 Å². The second-order valence-electron chi connectivity index (χ2n) is 6.81. The Kier molecular flexibility index (Phi) is 8.43. The first-order valence-electron chi connectivity index (χ1n) is 9.09. The zero-order valence-electron chi connectivity index (χ0n) is 15.9. The average molecular weight is 446 g/mol. The Hall–Kier alpha value is -1.70. The quantitative estimate of drug-likeness (QED) is 0.472. The molecule has 29 heavy (non-hydrogen) atoms. The molecule has 0 fully saturated rings. The minimum Gasteiger partial charge on any atom is -0.480 e. The second kappa shape index (κ2) is 10.4. The molecule has 0 aliphatic rings. The van der Waals surface area contributed by atoms with Crippen LogP contribution in [-0.4, -0.2) is 34.8 Å². The molecule has 2 atom stereocenters. The van der Waals surface area contributed by atoms with Gasteiger partial charge in [0.15, 0.2) is 0 Å². The fourth-order valence-electron chi connectivity index (χ4n) is 3.03. The number of benzene rings is 2. The minimum absolute atomic E-state index is 0.0838. The van der Waals surface area contributed by atoms with E-state index < -0.39 is 24.1 Å². The molecule has 0 saturated heterocycles. The van der Waals surface area contributed by atoms with Crippen LogP contribution < -0.4 is 5.73 Å². The summed E-state index contributed by atoms with van der Waals surface area (Å²) in [6.45, 7) is 1.87. The Balaban J connectivity index is 2.11. The summed E-state index contributed by atoms with van der Waals surface area (Å²) >= 11 is 7.26. The van der Waals surface area contributed by atoms with E-state index in [0.29, 0.717) is 16.3 Å². The van der Waals surface area contributed by atoms with E-state index in [-0.39, 0.29) is 24.2 Å². The normalized spacial score (nSPS) is 13.9. The van der Waals surface area contributed by atoms with E-state index in [1.54, 1.807) is 36.4 Å². The highest BCUT2D eigenvalue weighted by molar-refractivity contribution is 7.99. The Morgan fingerprint density at radius 1 is 1.17 bits per heavy atom. The van der Waals surface area contributed by atoms with Gasteiger partial charge in [-0.05, 0) is 65.7 Å². The van der Waals surface area contributed by atoms with Crippen molar-refractivity contribution in [3.05, 3.63) is 58.6 Å². The number of rotatable bonds is 9. The topological polar surface area (TPSA) is 63.3 Å². The highest BCUT2D eigenvalue weighted by Crippen LogP contribution is 2.39. The molecular formula is C21H23ClF3NO2S. The van der Waals surface area contributed by atoms with Crippen LogP contribution in [0.2, 0.25) is 5.02 Å². The standard InChI is InChI=1S/C21H23ClF3NO2S/c1-13-11-16(22)5-6-17(13)14-3-2-4-15(12-14)18(21(23,24)25)7-9-29-10-8-19(26)20(27)28/h2-6,11-12,18-19H,7-10,26H2,1H3,(H,27,28). The maximum atomic E-state index is 13.7. The van der Waals surface area contributed by atoms with E-state index >= 15 is 0 Å². The highest BCUT2D eigenvalue weighted by Gasteiger charge is 2.40. The lowest BCUT2D eigenvalue weighted by atomic mass is 9.91. The SMILES string of the molecule is Cc1cc(Cl)ccc1-c1cccc(C(CCSCCC(N)C(=O)O)C(F)(F)F)c1. The molecule has 0 aliphatic carbocycles. The predicted octanol–water partition coefficient (Wildman–Crippen LogP) is 5.89. The smallest absolute Gasteiger partial charge is 0.395 e. The predicted molar refractivity (Wildman–Crippen MR) is 113 cm³/mol. The zero-order chi connectivity index (χ0) is 21.6. The molecule has 0 saturated carbocycles. The monoisotopic (exact) mass is 445 g/mol. The number of carboxylic acids is 1. The van der Waals surface area contributed by atoms with Gasteiger partial charge in [0.1, 0.15) is 6.04 Å². The van der Waals surface area contributed by atoms with Crippen LogP contribution in [0.5, 0.6) is 0 Å². The highest BCUT2D eigenvalue weighted by atomic mass is 35.5. The molecule has 0 aliphatic heterocycles. The first kappa shape index (κ1) is 23.6. The van der Waals surface area contributed by atoms with Crippen molar-refractivity contribution in [3.63, 3.8) is 0 Å². The van der Waals surface area contributed by atoms with Crippen molar-refractivity contribution >= 4 is 29.3 Å². The van der Waals surface area contributed by atoms with E-state index in [1.807, 2.05) is 6.92 Å². The molecule has 2 rings (SSSR count). The third-order valence-corrected chi connectivity index (χ3v) is 5.91. The van der Waals surface area contributed by atoms with Crippen LogP contribution in [-0.2, 0) is 4.79 Å². The Labute approximate surface area is 177 Å². The Morgan fingerprint density at radius 3 is 2.48 bits per heavy atom. The summed E-state index contributed by atoms with van der Waals surface area (Å²) in [6.07, 6.45) is -4.23. The third kappa shape index (κ3) is 6.94. The molecule has 0 bridgehead atoms. The number of carboxylic acid groups (broad SMARTS) is 1. The van der Waals surface area contributed by atoms with Crippen molar-refractivity contribution in [2.75, 3.05) is 11.5 Å². The summed E-state index contributed by atoms with van der Waals surface area (Å²) in [5.74, 6) is -2.02. The van der Waals surface area contributed by atoms with E-state index in [0.717, 1.165) is 11.1 Å². The lowest BCUT2D eigenvalue weighted by Gasteiger charge is -2.21. The van der Waals surface area contributed by atoms with Gasteiger partial charge in [0.25, 0.3) is 0 Å². The Bertz CT molecular complexity index is 845. The molecule has 2 aromatic carbocycles. The largest absolute Gasteiger partial charge is 0.480 e. The summed E-state index contributed by atoms with van der Waals surface area (Å²) < 4.78 is 41.1. The minimum atomic E-state index is -4.37. The number of thioether (sulfide) groups is 1. The van der Waals surface area contributed by atoms with Crippen LogP contribution >= 0.6 is 23.4 Å². The van der Waals surface area contributed by atoms with Crippen molar-refractivity contribution in [2.45, 2.75) is 37.9 Å². The summed E-state index contributed by atoms with van der Waals surface area (Å²) in [5.41, 5.74) is 8.07. The molecular weight excluding hydrogens is 423 g/mol. The van der Waals surface area contributed by atoms with Crippen LogP contribution in [0.4, 0.5) is 13.2 Å². The summed E-state index contributed by atoms with van der Waals surface area (Å²) in [7, 11) is 0. The van der Waals surface area contributed by atoms with Gasteiger partial charge in [0, 0.05) is 5.02 Å². The summed E-state index contributed by atoms with van der Waals surface area (Å²) in [4.78, 5) is 10.7. The van der Waals surface area contributed by atoms with Gasteiger partial charge in [0.05, 0.1) is 5.92 Å². The number of nitrogens with two attached hydrogens (primary N) is 1. The number of halogens is 4. The average Bonchev–Trinajstić information content (AvgIpc) is 2.63. The van der Waals surface area contributed by atoms with Crippen molar-refractivity contribution in [1.82, 2.24) is 0 Å². The van der Waals surface area contributed by atoms with E-state index in [4.69, 9.17) is 22.4 Å². The molecule has 158 valence electrons. The van der Waals surface area contributed by atoms with Gasteiger partial charge in [0.2, 0.25) is 0 Å². The van der Waals surface area contributed by atoms with Gasteiger partial charge in [-0.15, -0.1) is 0 Å². The molecule has 2 unspecified atom stereocenters. The summed E-state index contributed by atoms with van der Waals surface area (Å²) in [5, 5.41) is 9.33. The number of aryl methyl sites for hydroxylation is 1. The molecule has 0 radical (unpaired) electrons. The molecule has 0 heterocycles. The molecule has 8 heteroatoms. The second-order valence-corrected chi connectivity index (χ2v) is 8.47. The van der Waals surface area contributed by atoms with Crippen LogP contribution in [0.1, 0.15) is 29.9 Å². The van der Waals surface area contributed by atoms with Gasteiger partial charge in [-0.3, -0.25) is 4.79 Å². The lowest BCUT2D eigenvalue weighted by molar-refractivity contribution is -0.150. The third-order valence-electron chi connectivity index (χ3n) is 4.62. The van der Waals surface area contributed by atoms with Crippen LogP contribution in [0.25, 0.3) is 11.1 Å². The molecule has 3 nitrogen and oxygen atoms in total. The van der Waals surface area contributed by atoms with Crippen molar-refractivity contribution in [3.8, 4) is 11.1 Å². The van der Waals surface area contributed by atoms with E-state index in [2.05, 4.69) is 0 Å². The summed E-state index contributed by atoms with van der Waals surface area (Å²) in [6, 6.07) is 10.8. The number of hydrogen-bond donors (Lipinski definition) is 2. The van der Waals surface area contributed by atoms with Crippen molar-refractivity contribution < 1.29 is 23.1 Å². The fourth-order valence-corrected chi connectivity index (χ4v) is 4.28. The van der Waals surface area contributed by atoms with E-state index in [1.165, 1.54) is 17.8 Å². The maximum Gasteiger partial charge on any atom is 0.395 e. The number of carbonyl (C=O) groups is 1. The van der Waals surface area contributed by atoms with Crippen LogP contribution in [0.15, 0.2) is 42.5 Å². The van der Waals surface area contributed by atoms with Crippen LogP contribution in [0, 0.1) is 6.92 Å². The lowest BCUT2D eigenvalue weighted by Crippen LogP contribution is -2.30. The van der Waals surface area contributed by atoms with Gasteiger partial charge >= 0.3 is 12.1 Å². The van der Waals surface area contributed by atoms with Crippen molar-refractivity contribution in [1.29, 1.82) is 0 Å². The Morgan fingerprint density at radius 2 is 1.86 bits per heavy atom.